The lowest BCUT2D eigenvalue weighted by Gasteiger charge is -2.10. The lowest BCUT2D eigenvalue weighted by atomic mass is 10.1. The number of aliphatic hydroxyl groups is 1. The summed E-state index contributed by atoms with van der Waals surface area (Å²) in [4.78, 5) is 14.2. The number of carbonyl (C=O) groups excluding carboxylic acids is 1. The van der Waals surface area contributed by atoms with Crippen LogP contribution in [0, 0.1) is 6.92 Å². The Morgan fingerprint density at radius 1 is 1.21 bits per heavy atom. The van der Waals surface area contributed by atoms with Crippen molar-refractivity contribution >= 4 is 39.1 Å². The van der Waals surface area contributed by atoms with Gasteiger partial charge in [-0.2, -0.15) is 5.10 Å². The van der Waals surface area contributed by atoms with Crippen LogP contribution in [0.2, 0.25) is 0 Å². The fourth-order valence-corrected chi connectivity index (χ4v) is 5.71. The molecule has 2 aromatic heterocycles. The third-order valence-electron chi connectivity index (χ3n) is 4.81. The summed E-state index contributed by atoms with van der Waals surface area (Å²) in [6.45, 7) is 3.10. The van der Waals surface area contributed by atoms with Crippen LogP contribution in [0.5, 0.6) is 0 Å². The molecule has 3 aromatic rings. The molecule has 0 atom stereocenters. The minimum Gasteiger partial charge on any atom is -0.452 e. The first-order valence-corrected chi connectivity index (χ1v) is 13.6. The number of aryl methyl sites for hydroxylation is 1. The molecule has 0 amide bonds. The minimum absolute atomic E-state index is 0.00547. The molecular weight excluding hydrogens is 482 g/mol. The van der Waals surface area contributed by atoms with Gasteiger partial charge < -0.3 is 9.84 Å². The molecule has 0 spiro atoms. The van der Waals surface area contributed by atoms with Crippen LogP contribution < -0.4 is 0 Å². The molecule has 2 heterocycles. The van der Waals surface area contributed by atoms with Gasteiger partial charge in [0.2, 0.25) is 0 Å². The number of benzene rings is 1. The van der Waals surface area contributed by atoms with E-state index in [0.29, 0.717) is 5.56 Å². The molecule has 1 N–H and O–H groups in total. The third-order valence-corrected chi connectivity index (χ3v) is 8.51. The number of esters is 1. The number of thiophene rings is 1. The van der Waals surface area contributed by atoms with E-state index in [1.807, 2.05) is 43.5 Å². The van der Waals surface area contributed by atoms with Gasteiger partial charge in [0.05, 0.1) is 33.5 Å². The lowest BCUT2D eigenvalue weighted by molar-refractivity contribution is -0.142. The molecule has 0 unspecified atom stereocenters. The highest BCUT2D eigenvalue weighted by atomic mass is 32.2. The van der Waals surface area contributed by atoms with Gasteiger partial charge in [-0.05, 0) is 68.4 Å². The van der Waals surface area contributed by atoms with E-state index in [9.17, 15) is 18.3 Å². The summed E-state index contributed by atoms with van der Waals surface area (Å²) in [7, 11) is 0.277. The Hall–Kier alpha value is -2.18. The fraction of sp³-hybridized carbons (Fsp3) is 0.364. The lowest BCUT2D eigenvalue weighted by Crippen LogP contribution is -2.16. The molecule has 33 heavy (non-hydrogen) atoms. The average molecular weight is 510 g/mol. The fourth-order valence-electron chi connectivity index (χ4n) is 3.14. The Labute approximate surface area is 202 Å². The molecule has 0 aliphatic carbocycles. The van der Waals surface area contributed by atoms with Gasteiger partial charge in [0.15, 0.2) is 15.8 Å². The molecule has 0 aliphatic heterocycles. The summed E-state index contributed by atoms with van der Waals surface area (Å²) in [5.41, 5.74) is 2.70. The molecule has 0 saturated carbocycles. The maximum absolute atomic E-state index is 12.5. The van der Waals surface area contributed by atoms with Crippen LogP contribution in [-0.4, -0.2) is 59.4 Å². The second-order valence-electron chi connectivity index (χ2n) is 7.45. The number of ether oxygens (including phenoxy) is 1. The topological polar surface area (TPSA) is 102 Å². The van der Waals surface area contributed by atoms with E-state index in [1.54, 1.807) is 29.8 Å². The van der Waals surface area contributed by atoms with Gasteiger partial charge in [-0.1, -0.05) is 19.1 Å². The van der Waals surface area contributed by atoms with E-state index in [4.69, 9.17) is 4.74 Å². The van der Waals surface area contributed by atoms with E-state index in [2.05, 4.69) is 5.10 Å². The first kappa shape index (κ1) is 25.4. The van der Waals surface area contributed by atoms with Crippen LogP contribution in [0.3, 0.4) is 0 Å². The number of aromatic nitrogens is 2. The summed E-state index contributed by atoms with van der Waals surface area (Å²) in [5, 5.41) is 14.0. The molecule has 178 valence electrons. The quantitative estimate of drug-likeness (QED) is 0.251. The van der Waals surface area contributed by atoms with Crippen molar-refractivity contribution < 1.29 is 23.1 Å². The number of rotatable bonds is 10. The number of sulfone groups is 1. The summed E-state index contributed by atoms with van der Waals surface area (Å²) >= 11 is 2.86. The van der Waals surface area contributed by atoms with Gasteiger partial charge in [0, 0.05) is 4.88 Å². The second kappa shape index (κ2) is 10.8. The summed E-state index contributed by atoms with van der Waals surface area (Å²) in [6.07, 6.45) is 0. The van der Waals surface area contributed by atoms with Gasteiger partial charge in [-0.25, -0.2) is 8.42 Å². The van der Waals surface area contributed by atoms with Crippen molar-refractivity contribution in [1.82, 2.24) is 14.1 Å². The van der Waals surface area contributed by atoms with Crippen LogP contribution in [0.4, 0.5) is 0 Å². The summed E-state index contributed by atoms with van der Waals surface area (Å²) in [6, 6.07) is 10.8. The van der Waals surface area contributed by atoms with Crippen molar-refractivity contribution in [2.75, 3.05) is 25.8 Å². The second-order valence-corrected chi connectivity index (χ2v) is 12.0. The Morgan fingerprint density at radius 2 is 1.94 bits per heavy atom. The van der Waals surface area contributed by atoms with Crippen LogP contribution in [0.25, 0.3) is 21.0 Å². The van der Waals surface area contributed by atoms with E-state index in [1.165, 1.54) is 23.3 Å². The van der Waals surface area contributed by atoms with E-state index >= 15 is 0 Å². The zero-order valence-electron chi connectivity index (χ0n) is 18.9. The highest BCUT2D eigenvalue weighted by molar-refractivity contribution is 7.96. The number of hydrogen-bond acceptors (Lipinski definition) is 9. The standard InChI is InChI=1S/C22H27N3O5S3/c1-5-33(28,29)21-11-16(6-7-17(21)13-26)19-8-9-20(32-19)18-10-15(2)23-25(18)12-22(27)30-14-31-24(3)4/h6-11,26H,5,12-14H2,1-4H3. The molecule has 0 aliphatic rings. The molecule has 0 bridgehead atoms. The monoisotopic (exact) mass is 509 g/mol. The van der Waals surface area contributed by atoms with Crippen molar-refractivity contribution in [2.24, 2.45) is 0 Å². The predicted octanol–water partition coefficient (Wildman–Crippen LogP) is 3.58. The van der Waals surface area contributed by atoms with Crippen molar-refractivity contribution in [2.45, 2.75) is 31.9 Å². The maximum atomic E-state index is 12.5. The van der Waals surface area contributed by atoms with Crippen LogP contribution in [0.15, 0.2) is 41.3 Å². The minimum atomic E-state index is -3.47. The van der Waals surface area contributed by atoms with Crippen molar-refractivity contribution in [3.8, 4) is 21.0 Å². The summed E-state index contributed by atoms with van der Waals surface area (Å²) < 4.78 is 33.7. The molecule has 11 heteroatoms. The molecule has 3 rings (SSSR count). The van der Waals surface area contributed by atoms with Gasteiger partial charge in [-0.3, -0.25) is 13.8 Å². The van der Waals surface area contributed by atoms with Gasteiger partial charge >= 0.3 is 5.97 Å². The van der Waals surface area contributed by atoms with Crippen molar-refractivity contribution in [1.29, 1.82) is 0 Å². The number of nitrogens with zero attached hydrogens (tertiary/aromatic N) is 3. The SMILES string of the molecule is CCS(=O)(=O)c1cc(-c2ccc(-c3cc(C)nn3CC(=O)OCSN(C)C)s2)ccc1CO. The molecular formula is C22H27N3O5S3. The normalized spacial score (nSPS) is 11.8. The maximum Gasteiger partial charge on any atom is 0.328 e. The van der Waals surface area contributed by atoms with Gasteiger partial charge in [0.25, 0.3) is 0 Å². The highest BCUT2D eigenvalue weighted by Gasteiger charge is 2.19. The predicted molar refractivity (Wildman–Crippen MR) is 132 cm³/mol. The largest absolute Gasteiger partial charge is 0.452 e. The smallest absolute Gasteiger partial charge is 0.328 e. The van der Waals surface area contributed by atoms with Crippen LogP contribution in [-0.2, 0) is 32.5 Å². The molecule has 1 aromatic carbocycles. The Balaban J connectivity index is 1.87. The number of carbonyl (C=O) groups is 1. The zero-order valence-corrected chi connectivity index (χ0v) is 21.4. The number of hydrogen-bond donors (Lipinski definition) is 1. The van der Waals surface area contributed by atoms with Crippen molar-refractivity contribution in [3.63, 3.8) is 0 Å². The number of aliphatic hydroxyl groups excluding tert-OH is 1. The average Bonchev–Trinajstić information content (AvgIpc) is 3.39. The molecule has 8 nitrogen and oxygen atoms in total. The molecule has 0 saturated heterocycles. The first-order chi connectivity index (χ1) is 15.6. The Kier molecular flexibility index (Phi) is 8.35. The van der Waals surface area contributed by atoms with Gasteiger partial charge in [0.1, 0.15) is 6.54 Å². The first-order valence-electron chi connectivity index (χ1n) is 10.2. The van der Waals surface area contributed by atoms with E-state index in [-0.39, 0.29) is 35.7 Å². The van der Waals surface area contributed by atoms with E-state index < -0.39 is 9.84 Å². The molecule has 0 radical (unpaired) electrons. The Morgan fingerprint density at radius 3 is 2.61 bits per heavy atom. The van der Waals surface area contributed by atoms with Crippen LogP contribution >= 0.6 is 23.3 Å². The Bertz CT molecular complexity index is 1230. The van der Waals surface area contributed by atoms with E-state index in [0.717, 1.165) is 26.7 Å². The molecule has 0 fully saturated rings. The van der Waals surface area contributed by atoms with Crippen molar-refractivity contribution in [3.05, 3.63) is 47.7 Å². The van der Waals surface area contributed by atoms with Gasteiger partial charge in [-0.15, -0.1) is 11.3 Å². The third kappa shape index (κ3) is 6.24. The summed E-state index contributed by atoms with van der Waals surface area (Å²) in [5.74, 6) is -0.183. The van der Waals surface area contributed by atoms with Crippen LogP contribution in [0.1, 0.15) is 18.2 Å². The highest BCUT2D eigenvalue weighted by Crippen LogP contribution is 2.36. The zero-order chi connectivity index (χ0) is 24.2.